The molecule has 0 spiro atoms. The summed E-state index contributed by atoms with van der Waals surface area (Å²) in [6.45, 7) is 5.96. The van der Waals surface area contributed by atoms with Crippen LogP contribution in [-0.2, 0) is 58.7 Å². The number of aliphatic hydroxyl groups is 1. The van der Waals surface area contributed by atoms with Crippen molar-refractivity contribution < 1.29 is 33.6 Å². The minimum atomic E-state index is -0.450. The quantitative estimate of drug-likeness (QED) is 0.0926. The molecule has 3 aromatic carbocycles. The molecule has 2 N–H and O–H groups in total. The molecule has 7 rings (SSSR count). The Morgan fingerprint density at radius 1 is 1.05 bits per heavy atom. The van der Waals surface area contributed by atoms with Crippen molar-refractivity contribution in [2.24, 2.45) is 7.05 Å². The van der Waals surface area contributed by atoms with Gasteiger partial charge in [-0.05, 0) is 111 Å². The Morgan fingerprint density at radius 2 is 1.89 bits per heavy atom. The Kier molecular flexibility index (Phi) is 12.9. The zero-order valence-corrected chi connectivity index (χ0v) is 34.4. The lowest BCUT2D eigenvalue weighted by Crippen LogP contribution is -2.24. The number of benzene rings is 3. The van der Waals surface area contributed by atoms with Gasteiger partial charge in [0.15, 0.2) is 6.29 Å². The van der Waals surface area contributed by atoms with Gasteiger partial charge in [-0.3, -0.25) is 9.36 Å². The maximum absolute atomic E-state index is 13.9. The number of phenolic OH excluding ortho intramolecular Hbond substituents is 1. The fraction of sp³-hybridized carbons (Fsp3) is 0.419. The number of aromatic hydroxyl groups is 1. The van der Waals surface area contributed by atoms with Crippen molar-refractivity contribution in [3.63, 3.8) is 0 Å². The van der Waals surface area contributed by atoms with Crippen LogP contribution in [0.3, 0.4) is 0 Å². The zero-order chi connectivity index (χ0) is 40.2. The summed E-state index contributed by atoms with van der Waals surface area (Å²) in [5.41, 5.74) is 8.41. The first-order chi connectivity index (χ1) is 27.6. The standard InChI is InChI=1S/C43H49ClFN5O6S/c1-26-39-35(49(15-7-17-51)42(26)43(53)54-4)14-13-34(44)41(39)40-27(2)46-50(16-19-56-38-8-5-6-18-55-38)36(40)25-57-24-31-23-32(48(3)47-31)11-9-28-20-29-22-30(45)10-12-33(29)37(52)21-28/h10,12-14,20-23,38,51-52H,5-9,11,15-19,24-25H2,1-4H3. The van der Waals surface area contributed by atoms with Gasteiger partial charge in [0.2, 0.25) is 0 Å². The average molecular weight is 818 g/mol. The van der Waals surface area contributed by atoms with Crippen LogP contribution in [-0.4, -0.2) is 73.5 Å². The number of ether oxygens (including phenoxy) is 3. The predicted molar refractivity (Wildman–Crippen MR) is 221 cm³/mol. The largest absolute Gasteiger partial charge is 0.507 e. The smallest absolute Gasteiger partial charge is 0.354 e. The molecule has 1 fully saturated rings. The lowest BCUT2D eigenvalue weighted by molar-refractivity contribution is -0.163. The van der Waals surface area contributed by atoms with Crippen molar-refractivity contribution in [2.45, 2.75) is 83.3 Å². The molecule has 57 heavy (non-hydrogen) atoms. The van der Waals surface area contributed by atoms with Crippen LogP contribution in [0.1, 0.15) is 70.1 Å². The molecule has 0 bridgehead atoms. The number of halogens is 2. The fourth-order valence-corrected chi connectivity index (χ4v) is 9.19. The molecular formula is C43H49ClFN5O6S. The number of esters is 1. The Labute approximate surface area is 340 Å². The van der Waals surface area contributed by atoms with Crippen LogP contribution in [0.5, 0.6) is 5.75 Å². The third-order valence-electron chi connectivity index (χ3n) is 10.7. The number of fused-ring (bicyclic) bond motifs is 2. The molecule has 1 unspecified atom stereocenters. The second-order valence-corrected chi connectivity index (χ2v) is 15.9. The maximum atomic E-state index is 13.9. The highest BCUT2D eigenvalue weighted by atomic mass is 35.5. The molecule has 1 aliphatic rings. The Morgan fingerprint density at radius 3 is 2.67 bits per heavy atom. The first-order valence-electron chi connectivity index (χ1n) is 19.4. The van der Waals surface area contributed by atoms with Crippen LogP contribution in [0.2, 0.25) is 5.02 Å². The van der Waals surface area contributed by atoms with E-state index in [1.807, 2.05) is 53.0 Å². The van der Waals surface area contributed by atoms with Crippen molar-refractivity contribution in [1.29, 1.82) is 0 Å². The summed E-state index contributed by atoms with van der Waals surface area (Å²) in [5.74, 6) is 0.589. The number of nitrogens with zero attached hydrogens (tertiary/aromatic N) is 5. The van der Waals surface area contributed by atoms with Crippen LogP contribution in [0.15, 0.2) is 48.5 Å². The number of methoxy groups -OCH3 is 1. The molecule has 14 heteroatoms. The van der Waals surface area contributed by atoms with Gasteiger partial charge in [0.25, 0.3) is 0 Å². The van der Waals surface area contributed by atoms with Crippen LogP contribution in [0, 0.1) is 19.7 Å². The minimum absolute atomic E-state index is 0.0178. The van der Waals surface area contributed by atoms with Crippen molar-refractivity contribution >= 4 is 51.0 Å². The molecule has 0 saturated carbocycles. The topological polar surface area (TPSA) is 126 Å². The number of phenols is 1. The number of aromatic nitrogens is 5. The third-order valence-corrected chi connectivity index (χ3v) is 12.0. The van der Waals surface area contributed by atoms with Crippen molar-refractivity contribution in [2.75, 3.05) is 26.9 Å². The van der Waals surface area contributed by atoms with Gasteiger partial charge in [-0.2, -0.15) is 10.2 Å². The van der Waals surface area contributed by atoms with Gasteiger partial charge in [-0.1, -0.05) is 17.7 Å². The molecule has 6 aromatic rings. The van der Waals surface area contributed by atoms with Gasteiger partial charge in [0.05, 0.1) is 37.3 Å². The Balaban J connectivity index is 1.17. The summed E-state index contributed by atoms with van der Waals surface area (Å²) < 4.78 is 36.9. The summed E-state index contributed by atoms with van der Waals surface area (Å²) >= 11 is 8.84. The van der Waals surface area contributed by atoms with E-state index in [-0.39, 0.29) is 24.5 Å². The van der Waals surface area contributed by atoms with Gasteiger partial charge in [0, 0.05) is 76.4 Å². The maximum Gasteiger partial charge on any atom is 0.354 e. The van der Waals surface area contributed by atoms with Crippen LogP contribution in [0.4, 0.5) is 4.39 Å². The van der Waals surface area contributed by atoms with E-state index in [0.717, 1.165) is 75.2 Å². The number of carbonyl (C=O) groups is 1. The summed E-state index contributed by atoms with van der Waals surface area (Å²) in [6.07, 6.45) is 4.60. The van der Waals surface area contributed by atoms with E-state index in [2.05, 4.69) is 6.07 Å². The van der Waals surface area contributed by atoms with Gasteiger partial charge < -0.3 is 29.0 Å². The highest BCUT2D eigenvalue weighted by Crippen LogP contribution is 2.43. The van der Waals surface area contributed by atoms with Crippen LogP contribution in [0.25, 0.3) is 32.8 Å². The minimum Gasteiger partial charge on any atom is -0.507 e. The van der Waals surface area contributed by atoms with Crippen LogP contribution >= 0.6 is 23.4 Å². The fourth-order valence-electron chi connectivity index (χ4n) is 8.00. The molecular weight excluding hydrogens is 769 g/mol. The number of aryl methyl sites for hydroxylation is 6. The van der Waals surface area contributed by atoms with E-state index in [9.17, 15) is 19.4 Å². The van der Waals surface area contributed by atoms with Crippen LogP contribution < -0.4 is 0 Å². The molecule has 0 amide bonds. The summed E-state index contributed by atoms with van der Waals surface area (Å²) in [4.78, 5) is 13.2. The Hall–Kier alpha value is -4.40. The number of hydrogen-bond donors (Lipinski definition) is 2. The summed E-state index contributed by atoms with van der Waals surface area (Å²) in [7, 11) is 3.31. The van der Waals surface area contributed by atoms with Gasteiger partial charge >= 0.3 is 5.97 Å². The second-order valence-electron chi connectivity index (χ2n) is 14.5. The van der Waals surface area contributed by atoms with Crippen molar-refractivity contribution in [3.8, 4) is 16.9 Å². The molecule has 4 heterocycles. The molecule has 1 atom stereocenters. The molecule has 1 saturated heterocycles. The molecule has 0 aliphatic carbocycles. The van der Waals surface area contributed by atoms with E-state index < -0.39 is 5.97 Å². The molecule has 0 radical (unpaired) electrons. The zero-order valence-electron chi connectivity index (χ0n) is 32.8. The lowest BCUT2D eigenvalue weighted by Gasteiger charge is -2.22. The predicted octanol–water partition coefficient (Wildman–Crippen LogP) is 8.44. The highest BCUT2D eigenvalue weighted by molar-refractivity contribution is 7.97. The Bertz CT molecular complexity index is 2400. The number of aliphatic hydroxyl groups excluding tert-OH is 1. The SMILES string of the molecule is COC(=O)c1c(C)c2c(-c3c(C)nn(CCOC4CCCCO4)c3CSCc3cc(CCc4cc(O)c5ccc(F)cc5c4)n(C)n3)c(Cl)ccc2n1CCCO. The van der Waals surface area contributed by atoms with E-state index in [1.165, 1.54) is 19.2 Å². The monoisotopic (exact) mass is 817 g/mol. The van der Waals surface area contributed by atoms with Gasteiger partial charge in [-0.15, -0.1) is 11.8 Å². The average Bonchev–Trinajstić information content (AvgIpc) is 3.81. The summed E-state index contributed by atoms with van der Waals surface area (Å²) in [5, 5.41) is 32.8. The first kappa shape index (κ1) is 40.8. The van der Waals surface area contributed by atoms with Gasteiger partial charge in [0.1, 0.15) is 17.3 Å². The van der Waals surface area contributed by atoms with Crippen molar-refractivity contribution in [3.05, 3.63) is 99.0 Å². The summed E-state index contributed by atoms with van der Waals surface area (Å²) in [6, 6.07) is 14.0. The number of thioether (sulfide) groups is 1. The third kappa shape index (κ3) is 8.73. The van der Waals surface area contributed by atoms with E-state index in [0.29, 0.717) is 78.6 Å². The molecule has 1 aliphatic heterocycles. The molecule has 11 nitrogen and oxygen atoms in total. The number of hydrogen-bond acceptors (Lipinski definition) is 9. The van der Waals surface area contributed by atoms with E-state index >= 15 is 0 Å². The normalized spacial score (nSPS) is 14.6. The highest BCUT2D eigenvalue weighted by Gasteiger charge is 2.28. The lowest BCUT2D eigenvalue weighted by atomic mass is 9.97. The van der Waals surface area contributed by atoms with E-state index in [1.54, 1.807) is 23.9 Å². The number of carbonyl (C=O) groups excluding carboxylic acids is 1. The van der Waals surface area contributed by atoms with Gasteiger partial charge in [-0.25, -0.2) is 9.18 Å². The number of rotatable bonds is 16. The van der Waals surface area contributed by atoms with E-state index in [4.69, 9.17) is 36.0 Å². The molecule has 302 valence electrons. The second kappa shape index (κ2) is 18.0. The molecule has 3 aromatic heterocycles. The first-order valence-corrected chi connectivity index (χ1v) is 20.9. The van der Waals surface area contributed by atoms with Crippen molar-refractivity contribution in [1.82, 2.24) is 24.1 Å².